The number of thiophene rings is 1. The van der Waals surface area contributed by atoms with Gasteiger partial charge in [-0.25, -0.2) is 4.79 Å². The quantitative estimate of drug-likeness (QED) is 0.792. The third-order valence-electron chi connectivity index (χ3n) is 3.40. The van der Waals surface area contributed by atoms with Gasteiger partial charge in [0, 0.05) is 23.7 Å². The molecule has 0 amide bonds. The molecule has 2 rings (SSSR count). The van der Waals surface area contributed by atoms with Crippen LogP contribution in [0.5, 0.6) is 0 Å². The summed E-state index contributed by atoms with van der Waals surface area (Å²) in [4.78, 5) is 14.5. The fraction of sp³-hybridized carbons (Fsp3) is 0.294. The minimum Gasteiger partial charge on any atom is -0.462 e. The van der Waals surface area contributed by atoms with Gasteiger partial charge < -0.3 is 10.5 Å². The van der Waals surface area contributed by atoms with E-state index in [9.17, 15) is 10.1 Å². The molecule has 7 heteroatoms. The van der Waals surface area contributed by atoms with Crippen molar-refractivity contribution in [3.63, 3.8) is 0 Å². The summed E-state index contributed by atoms with van der Waals surface area (Å²) in [6.07, 6.45) is 0. The van der Waals surface area contributed by atoms with Crippen LogP contribution in [0, 0.1) is 11.3 Å². The zero-order chi connectivity index (χ0) is 17.7. The molecule has 0 bridgehead atoms. The monoisotopic (exact) mass is 363 g/mol. The number of carbonyl (C=O) groups is 1. The van der Waals surface area contributed by atoms with Crippen molar-refractivity contribution in [3.8, 4) is 6.07 Å². The molecule has 0 spiro atoms. The number of ether oxygens (including phenoxy) is 1. The molecule has 1 heterocycles. The maximum Gasteiger partial charge on any atom is 0.348 e. The molecule has 0 aliphatic rings. The Hall–Kier alpha value is -2.07. The van der Waals surface area contributed by atoms with Crippen molar-refractivity contribution in [2.24, 2.45) is 0 Å². The SMILES string of the molecule is CCOC(=O)c1sc(N)c(C#N)c1CN(C)Cc1ccc(Cl)cc1. The van der Waals surface area contributed by atoms with Gasteiger partial charge in [0.2, 0.25) is 0 Å². The molecule has 1 aromatic heterocycles. The van der Waals surface area contributed by atoms with E-state index in [0.717, 1.165) is 16.9 Å². The van der Waals surface area contributed by atoms with Crippen molar-refractivity contribution >= 4 is 33.9 Å². The highest BCUT2D eigenvalue weighted by molar-refractivity contribution is 7.18. The Morgan fingerprint density at radius 3 is 2.62 bits per heavy atom. The Morgan fingerprint density at radius 1 is 1.38 bits per heavy atom. The van der Waals surface area contributed by atoms with Crippen molar-refractivity contribution in [3.05, 3.63) is 50.9 Å². The van der Waals surface area contributed by atoms with E-state index >= 15 is 0 Å². The highest BCUT2D eigenvalue weighted by atomic mass is 35.5. The van der Waals surface area contributed by atoms with Gasteiger partial charge in [-0.1, -0.05) is 23.7 Å². The summed E-state index contributed by atoms with van der Waals surface area (Å²) in [5.74, 6) is -0.439. The first-order valence-electron chi connectivity index (χ1n) is 7.37. The van der Waals surface area contributed by atoms with Crippen LogP contribution in [0.1, 0.15) is 33.3 Å². The van der Waals surface area contributed by atoms with Gasteiger partial charge in [-0.05, 0) is 31.7 Å². The van der Waals surface area contributed by atoms with Crippen LogP contribution in [0.3, 0.4) is 0 Å². The molecule has 0 radical (unpaired) electrons. The number of nitrogens with zero attached hydrogens (tertiary/aromatic N) is 2. The van der Waals surface area contributed by atoms with Crippen molar-refractivity contribution in [2.45, 2.75) is 20.0 Å². The minimum absolute atomic E-state index is 0.276. The second-order valence-corrected chi connectivity index (χ2v) is 6.77. The van der Waals surface area contributed by atoms with Crippen LogP contribution in [0.25, 0.3) is 0 Å². The van der Waals surface area contributed by atoms with Crippen molar-refractivity contribution < 1.29 is 9.53 Å². The maximum atomic E-state index is 12.1. The van der Waals surface area contributed by atoms with Crippen LogP contribution in [0.15, 0.2) is 24.3 Å². The molecule has 0 saturated heterocycles. The molecule has 0 fully saturated rings. The van der Waals surface area contributed by atoms with Crippen molar-refractivity contribution in [2.75, 3.05) is 19.4 Å². The maximum absolute atomic E-state index is 12.1. The van der Waals surface area contributed by atoms with Crippen molar-refractivity contribution in [1.82, 2.24) is 4.90 Å². The summed E-state index contributed by atoms with van der Waals surface area (Å²) in [5, 5.41) is 10.4. The van der Waals surface area contributed by atoms with Gasteiger partial charge in [-0.15, -0.1) is 11.3 Å². The number of nitrogen functional groups attached to an aromatic ring is 1. The molecule has 0 aliphatic heterocycles. The highest BCUT2D eigenvalue weighted by Gasteiger charge is 2.23. The Labute approximate surface area is 150 Å². The van der Waals surface area contributed by atoms with E-state index in [2.05, 4.69) is 6.07 Å². The van der Waals surface area contributed by atoms with E-state index in [1.54, 1.807) is 6.92 Å². The molecule has 2 N–H and O–H groups in total. The van der Waals surface area contributed by atoms with Gasteiger partial charge in [0.05, 0.1) is 12.2 Å². The lowest BCUT2D eigenvalue weighted by molar-refractivity contribution is 0.0530. The Balaban J connectivity index is 2.22. The van der Waals surface area contributed by atoms with Crippen LogP contribution in [0.4, 0.5) is 5.00 Å². The fourth-order valence-corrected chi connectivity index (χ4v) is 3.40. The normalized spacial score (nSPS) is 10.6. The van der Waals surface area contributed by atoms with E-state index in [0.29, 0.717) is 39.1 Å². The molecule has 0 atom stereocenters. The number of rotatable bonds is 6. The van der Waals surface area contributed by atoms with Gasteiger partial charge in [0.15, 0.2) is 0 Å². The number of hydrogen-bond acceptors (Lipinski definition) is 6. The van der Waals surface area contributed by atoms with Crippen LogP contribution in [-0.2, 0) is 17.8 Å². The van der Waals surface area contributed by atoms with Gasteiger partial charge in [-0.3, -0.25) is 4.90 Å². The number of esters is 1. The lowest BCUT2D eigenvalue weighted by atomic mass is 10.1. The molecule has 126 valence electrons. The summed E-state index contributed by atoms with van der Waals surface area (Å²) in [6.45, 7) is 3.10. The predicted octanol–water partition coefficient (Wildman–Crippen LogP) is 3.66. The van der Waals surface area contributed by atoms with Gasteiger partial charge in [0.25, 0.3) is 0 Å². The number of hydrogen-bond donors (Lipinski definition) is 1. The Bertz CT molecular complexity index is 765. The van der Waals surface area contributed by atoms with E-state index in [1.165, 1.54) is 0 Å². The van der Waals surface area contributed by atoms with E-state index in [4.69, 9.17) is 22.1 Å². The molecule has 5 nitrogen and oxygen atoms in total. The van der Waals surface area contributed by atoms with Crippen LogP contribution in [-0.4, -0.2) is 24.5 Å². The standard InChI is InChI=1S/C17H18ClN3O2S/c1-3-23-17(22)15-14(13(8-19)16(20)24-15)10-21(2)9-11-4-6-12(18)7-5-11/h4-7H,3,9-10,20H2,1-2H3. The number of nitrogens with two attached hydrogens (primary N) is 1. The summed E-state index contributed by atoms with van der Waals surface area (Å²) >= 11 is 6.99. The third-order valence-corrected chi connectivity index (χ3v) is 4.69. The summed E-state index contributed by atoms with van der Waals surface area (Å²) < 4.78 is 5.07. The number of halogens is 1. The van der Waals surface area contributed by atoms with Crippen LogP contribution >= 0.6 is 22.9 Å². The summed E-state index contributed by atoms with van der Waals surface area (Å²) in [6, 6.07) is 9.64. The van der Waals surface area contributed by atoms with E-state index in [-0.39, 0.29) is 6.61 Å². The largest absolute Gasteiger partial charge is 0.462 e. The number of nitriles is 1. The molecule has 24 heavy (non-hydrogen) atoms. The molecule has 1 aromatic carbocycles. The minimum atomic E-state index is -0.439. The Kier molecular flexibility index (Phi) is 6.21. The first-order valence-corrected chi connectivity index (χ1v) is 8.57. The lowest BCUT2D eigenvalue weighted by Crippen LogP contribution is -2.19. The predicted molar refractivity (Wildman–Crippen MR) is 96.0 cm³/mol. The molecular formula is C17H18ClN3O2S. The average Bonchev–Trinajstić information content (AvgIpc) is 2.85. The molecule has 0 aliphatic carbocycles. The number of anilines is 1. The summed E-state index contributed by atoms with van der Waals surface area (Å²) in [7, 11) is 1.92. The zero-order valence-electron chi connectivity index (χ0n) is 13.5. The zero-order valence-corrected chi connectivity index (χ0v) is 15.1. The van der Waals surface area contributed by atoms with E-state index in [1.807, 2.05) is 36.2 Å². The number of carbonyl (C=O) groups excluding carboxylic acids is 1. The lowest BCUT2D eigenvalue weighted by Gasteiger charge is -2.17. The van der Waals surface area contributed by atoms with Gasteiger partial charge in [0.1, 0.15) is 15.9 Å². The first-order chi connectivity index (χ1) is 11.5. The molecule has 0 unspecified atom stereocenters. The smallest absolute Gasteiger partial charge is 0.348 e. The fourth-order valence-electron chi connectivity index (χ4n) is 2.35. The second-order valence-electron chi connectivity index (χ2n) is 5.28. The molecular weight excluding hydrogens is 346 g/mol. The third kappa shape index (κ3) is 4.26. The first kappa shape index (κ1) is 18.3. The number of benzene rings is 1. The van der Waals surface area contributed by atoms with Crippen LogP contribution < -0.4 is 5.73 Å². The second kappa shape index (κ2) is 8.15. The Morgan fingerprint density at radius 2 is 2.04 bits per heavy atom. The van der Waals surface area contributed by atoms with Gasteiger partial charge >= 0.3 is 5.97 Å². The molecule has 2 aromatic rings. The van der Waals surface area contributed by atoms with E-state index < -0.39 is 5.97 Å². The average molecular weight is 364 g/mol. The van der Waals surface area contributed by atoms with Gasteiger partial charge in [-0.2, -0.15) is 5.26 Å². The highest BCUT2D eigenvalue weighted by Crippen LogP contribution is 2.32. The molecule has 0 saturated carbocycles. The van der Waals surface area contributed by atoms with Crippen LogP contribution in [0.2, 0.25) is 5.02 Å². The topological polar surface area (TPSA) is 79.3 Å². The van der Waals surface area contributed by atoms with Crippen molar-refractivity contribution in [1.29, 1.82) is 5.26 Å². The summed E-state index contributed by atoms with van der Waals surface area (Å²) in [5.41, 5.74) is 7.94.